The van der Waals surface area contributed by atoms with Crippen LogP contribution in [0.1, 0.15) is 17.0 Å². The molecule has 3 heterocycles. The van der Waals surface area contributed by atoms with Crippen molar-refractivity contribution in [2.75, 3.05) is 13.6 Å². The summed E-state index contributed by atoms with van der Waals surface area (Å²) in [6.07, 6.45) is 3.17. The minimum Gasteiger partial charge on any atom is -0.488 e. The van der Waals surface area contributed by atoms with Gasteiger partial charge >= 0.3 is 0 Å². The third-order valence-electron chi connectivity index (χ3n) is 4.76. The fourth-order valence-corrected chi connectivity index (χ4v) is 3.42. The highest BCUT2D eigenvalue weighted by Gasteiger charge is 2.25. The zero-order chi connectivity index (χ0) is 17.4. The molecule has 0 N–H and O–H groups in total. The highest BCUT2D eigenvalue weighted by atomic mass is 16.5. The predicted octanol–water partition coefficient (Wildman–Crippen LogP) is 2.65. The lowest BCUT2D eigenvalue weighted by Gasteiger charge is -2.21. The third-order valence-corrected chi connectivity index (χ3v) is 4.76. The first kappa shape index (κ1) is 15.7. The van der Waals surface area contributed by atoms with Crippen LogP contribution < -0.4 is 4.74 Å². The van der Waals surface area contributed by atoms with E-state index in [1.807, 2.05) is 61.0 Å². The van der Waals surface area contributed by atoms with Gasteiger partial charge in [0.15, 0.2) is 0 Å². The van der Waals surface area contributed by atoms with Crippen LogP contribution in [0.4, 0.5) is 0 Å². The Hall–Kier alpha value is -2.82. The van der Waals surface area contributed by atoms with E-state index in [0.29, 0.717) is 13.0 Å². The molecule has 0 spiro atoms. The number of para-hydroxylation sites is 1. The maximum Gasteiger partial charge on any atom is 0.228 e. The number of pyridine rings is 1. The molecule has 5 heteroatoms. The Bertz CT molecular complexity index is 907. The molecule has 1 unspecified atom stereocenters. The summed E-state index contributed by atoms with van der Waals surface area (Å²) in [5.41, 5.74) is 3.94. The molecule has 0 saturated carbocycles. The van der Waals surface area contributed by atoms with Gasteiger partial charge in [-0.2, -0.15) is 0 Å². The van der Waals surface area contributed by atoms with Crippen molar-refractivity contribution in [3.63, 3.8) is 0 Å². The molecular formula is C20H21N3O2. The summed E-state index contributed by atoms with van der Waals surface area (Å²) in [5.74, 6) is 1.01. The molecule has 4 rings (SSSR count). The van der Waals surface area contributed by atoms with E-state index in [2.05, 4.69) is 11.1 Å². The van der Waals surface area contributed by atoms with Gasteiger partial charge in [0.1, 0.15) is 17.5 Å². The second-order valence-electron chi connectivity index (χ2n) is 6.58. The quantitative estimate of drug-likeness (QED) is 0.736. The fourth-order valence-electron chi connectivity index (χ4n) is 3.42. The maximum absolute atomic E-state index is 12.7. The molecule has 1 aromatic carbocycles. The number of fused-ring (bicyclic) bond motifs is 2. The number of aryl methyl sites for hydroxylation is 1. The van der Waals surface area contributed by atoms with Crippen LogP contribution in [0.15, 0.2) is 48.7 Å². The molecular weight excluding hydrogens is 314 g/mol. The smallest absolute Gasteiger partial charge is 0.228 e. The average Bonchev–Trinajstić information content (AvgIpc) is 3.15. The number of carbonyl (C=O) groups excluding carboxylic acids is 1. The second kappa shape index (κ2) is 6.24. The van der Waals surface area contributed by atoms with Crippen LogP contribution in [-0.2, 0) is 17.6 Å². The molecule has 1 amide bonds. The number of aromatic nitrogens is 2. The number of likely N-dealkylation sites (N-methyl/N-ethyl adjacent to an activating group) is 1. The Balaban J connectivity index is 1.44. The van der Waals surface area contributed by atoms with Crippen molar-refractivity contribution >= 4 is 11.6 Å². The standard InChI is InChI=1S/C20H21N3O2/c1-14-17(23-10-6-5-9-19(23)21-14)12-20(24)22(2)13-16-11-15-7-3-4-8-18(15)25-16/h3-10,16H,11-13H2,1-2H3. The Morgan fingerprint density at radius 1 is 1.28 bits per heavy atom. The molecule has 3 aromatic rings. The van der Waals surface area contributed by atoms with Gasteiger partial charge in [0.25, 0.3) is 0 Å². The molecule has 0 fully saturated rings. The normalized spacial score (nSPS) is 15.8. The first-order valence-corrected chi connectivity index (χ1v) is 8.53. The molecule has 0 saturated heterocycles. The van der Waals surface area contributed by atoms with Gasteiger partial charge in [-0.3, -0.25) is 4.79 Å². The van der Waals surface area contributed by atoms with E-state index in [0.717, 1.165) is 29.2 Å². The number of benzene rings is 1. The first-order valence-electron chi connectivity index (χ1n) is 8.53. The fraction of sp³-hybridized carbons (Fsp3) is 0.300. The highest BCUT2D eigenvalue weighted by molar-refractivity contribution is 5.78. The summed E-state index contributed by atoms with van der Waals surface area (Å²) in [7, 11) is 1.84. The Labute approximate surface area is 146 Å². The van der Waals surface area contributed by atoms with E-state index < -0.39 is 0 Å². The van der Waals surface area contributed by atoms with E-state index in [1.165, 1.54) is 5.56 Å². The van der Waals surface area contributed by atoms with Crippen LogP contribution in [0, 0.1) is 6.92 Å². The third kappa shape index (κ3) is 2.97. The van der Waals surface area contributed by atoms with Crippen molar-refractivity contribution in [3.05, 3.63) is 65.6 Å². The number of nitrogens with zero attached hydrogens (tertiary/aromatic N) is 3. The summed E-state index contributed by atoms with van der Waals surface area (Å²) < 4.78 is 7.93. The van der Waals surface area contributed by atoms with Crippen LogP contribution >= 0.6 is 0 Å². The molecule has 1 aliphatic rings. The van der Waals surface area contributed by atoms with Crippen molar-refractivity contribution < 1.29 is 9.53 Å². The number of imidazole rings is 1. The molecule has 1 atom stereocenters. The monoisotopic (exact) mass is 335 g/mol. The van der Waals surface area contributed by atoms with Crippen LogP contribution in [0.2, 0.25) is 0 Å². The van der Waals surface area contributed by atoms with Crippen LogP contribution in [-0.4, -0.2) is 39.9 Å². The van der Waals surface area contributed by atoms with Gasteiger partial charge in [-0.05, 0) is 30.7 Å². The van der Waals surface area contributed by atoms with Crippen molar-refractivity contribution in [2.24, 2.45) is 0 Å². The number of hydrogen-bond acceptors (Lipinski definition) is 3. The van der Waals surface area contributed by atoms with Crippen molar-refractivity contribution in [2.45, 2.75) is 25.9 Å². The topological polar surface area (TPSA) is 46.8 Å². The Morgan fingerprint density at radius 3 is 2.92 bits per heavy atom. The molecule has 1 aliphatic heterocycles. The van der Waals surface area contributed by atoms with Gasteiger partial charge < -0.3 is 14.0 Å². The van der Waals surface area contributed by atoms with Crippen molar-refractivity contribution in [3.8, 4) is 5.75 Å². The summed E-state index contributed by atoms with van der Waals surface area (Å²) in [6.45, 7) is 2.54. The van der Waals surface area contributed by atoms with E-state index in [-0.39, 0.29) is 12.0 Å². The lowest BCUT2D eigenvalue weighted by atomic mass is 10.1. The second-order valence-corrected chi connectivity index (χ2v) is 6.58. The summed E-state index contributed by atoms with van der Waals surface area (Å²) in [4.78, 5) is 19.0. The predicted molar refractivity (Wildman–Crippen MR) is 95.8 cm³/mol. The Morgan fingerprint density at radius 2 is 2.08 bits per heavy atom. The summed E-state index contributed by atoms with van der Waals surface area (Å²) in [5, 5.41) is 0. The van der Waals surface area contributed by atoms with Gasteiger partial charge in [0.2, 0.25) is 5.91 Å². The highest BCUT2D eigenvalue weighted by Crippen LogP contribution is 2.28. The zero-order valence-electron chi connectivity index (χ0n) is 14.5. The van der Waals surface area contributed by atoms with Crippen LogP contribution in [0.3, 0.4) is 0 Å². The molecule has 0 aliphatic carbocycles. The number of ether oxygens (including phenoxy) is 1. The van der Waals surface area contributed by atoms with Crippen LogP contribution in [0.25, 0.3) is 5.65 Å². The van der Waals surface area contributed by atoms with Crippen LogP contribution in [0.5, 0.6) is 5.75 Å². The molecule has 5 nitrogen and oxygen atoms in total. The van der Waals surface area contributed by atoms with Gasteiger partial charge in [0.05, 0.1) is 24.4 Å². The molecule has 25 heavy (non-hydrogen) atoms. The minimum absolute atomic E-state index is 0.0228. The zero-order valence-corrected chi connectivity index (χ0v) is 14.5. The lowest BCUT2D eigenvalue weighted by molar-refractivity contribution is -0.130. The maximum atomic E-state index is 12.7. The number of rotatable bonds is 4. The van der Waals surface area contributed by atoms with Gasteiger partial charge in [-0.15, -0.1) is 0 Å². The summed E-state index contributed by atoms with van der Waals surface area (Å²) in [6, 6.07) is 13.9. The largest absolute Gasteiger partial charge is 0.488 e. The SMILES string of the molecule is Cc1nc2ccccn2c1CC(=O)N(C)CC1Cc2ccccc2O1. The van der Waals surface area contributed by atoms with Crippen molar-refractivity contribution in [1.29, 1.82) is 0 Å². The minimum atomic E-state index is 0.0228. The van der Waals surface area contributed by atoms with E-state index in [1.54, 1.807) is 4.90 Å². The van der Waals surface area contributed by atoms with E-state index >= 15 is 0 Å². The molecule has 0 bridgehead atoms. The van der Waals surface area contributed by atoms with E-state index in [4.69, 9.17) is 4.74 Å². The van der Waals surface area contributed by atoms with E-state index in [9.17, 15) is 4.79 Å². The molecule has 0 radical (unpaired) electrons. The summed E-state index contributed by atoms with van der Waals surface area (Å²) >= 11 is 0. The first-order chi connectivity index (χ1) is 12.1. The molecule has 2 aromatic heterocycles. The van der Waals surface area contributed by atoms with Crippen molar-refractivity contribution in [1.82, 2.24) is 14.3 Å². The lowest BCUT2D eigenvalue weighted by Crippen LogP contribution is -2.37. The number of hydrogen-bond donors (Lipinski definition) is 0. The van der Waals surface area contributed by atoms with Gasteiger partial charge in [0, 0.05) is 19.7 Å². The molecule has 128 valence electrons. The number of amides is 1. The Kier molecular flexibility index (Phi) is 3.92. The van der Waals surface area contributed by atoms with Gasteiger partial charge in [-0.25, -0.2) is 4.98 Å². The number of carbonyl (C=O) groups is 1. The average molecular weight is 335 g/mol. The van der Waals surface area contributed by atoms with Gasteiger partial charge in [-0.1, -0.05) is 24.3 Å².